The number of benzene rings is 2. The molecule has 42 heavy (non-hydrogen) atoms. The first-order valence-corrected chi connectivity index (χ1v) is 15.4. The van der Waals surface area contributed by atoms with Crippen molar-refractivity contribution in [3.63, 3.8) is 0 Å². The Morgan fingerprint density at radius 3 is 2.40 bits per heavy atom. The van der Waals surface area contributed by atoms with Gasteiger partial charge in [-0.2, -0.15) is 0 Å². The van der Waals surface area contributed by atoms with Gasteiger partial charge in [0.2, 0.25) is 0 Å². The number of aryl methyl sites for hydroxylation is 1. The van der Waals surface area contributed by atoms with Crippen molar-refractivity contribution in [2.75, 3.05) is 39.5 Å². The molecule has 1 atom stereocenters. The normalized spacial score (nSPS) is 16.2. The summed E-state index contributed by atoms with van der Waals surface area (Å²) in [6.07, 6.45) is 17.3. The first-order valence-electron chi connectivity index (χ1n) is 14.6. The van der Waals surface area contributed by atoms with Crippen LogP contribution in [0.15, 0.2) is 78.4 Å². The zero-order valence-electron chi connectivity index (χ0n) is 24.3. The van der Waals surface area contributed by atoms with Gasteiger partial charge in [-0.3, -0.25) is 0 Å². The summed E-state index contributed by atoms with van der Waals surface area (Å²) in [7, 11) is 0. The van der Waals surface area contributed by atoms with Crippen LogP contribution in [0.3, 0.4) is 0 Å². The highest BCUT2D eigenvalue weighted by Gasteiger charge is 2.28. The highest BCUT2D eigenvalue weighted by atomic mass is 35.5. The van der Waals surface area contributed by atoms with E-state index in [0.717, 1.165) is 70.1 Å². The number of hydrogen-bond acceptors (Lipinski definition) is 5. The summed E-state index contributed by atoms with van der Waals surface area (Å²) >= 11 is 11.4. The highest BCUT2D eigenvalue weighted by Crippen LogP contribution is 2.30. The van der Waals surface area contributed by atoms with Gasteiger partial charge in [-0.15, -0.1) is 0 Å². The molecule has 0 saturated carbocycles. The SMILES string of the molecule is O=C(O)C=Cc1ccc(Cl)cc1Cl.OCC1=CC=CC(CO)(CNCCCCCCOCCCCc2ccccc2)C1. The third-order valence-electron chi connectivity index (χ3n) is 6.96. The van der Waals surface area contributed by atoms with Crippen LogP contribution >= 0.6 is 23.2 Å². The van der Waals surface area contributed by atoms with E-state index >= 15 is 0 Å². The fourth-order valence-corrected chi connectivity index (χ4v) is 5.05. The summed E-state index contributed by atoms with van der Waals surface area (Å²) in [5, 5.41) is 31.9. The van der Waals surface area contributed by atoms with E-state index in [2.05, 4.69) is 41.7 Å². The molecule has 0 radical (unpaired) electrons. The summed E-state index contributed by atoms with van der Waals surface area (Å²) in [5.41, 5.74) is 2.77. The van der Waals surface area contributed by atoms with Crippen LogP contribution in [0.5, 0.6) is 0 Å². The molecule has 1 unspecified atom stereocenters. The van der Waals surface area contributed by atoms with Gasteiger partial charge in [-0.1, -0.05) is 90.7 Å². The molecule has 0 fully saturated rings. The number of carboxylic acids is 1. The number of aliphatic hydroxyl groups excluding tert-OH is 2. The Kier molecular flexibility index (Phi) is 18.1. The molecule has 0 bridgehead atoms. The van der Waals surface area contributed by atoms with Gasteiger partial charge in [0.1, 0.15) is 0 Å². The summed E-state index contributed by atoms with van der Waals surface area (Å²) in [6, 6.07) is 15.5. The zero-order chi connectivity index (χ0) is 30.5. The standard InChI is InChI=1S/C25H39NO3.C9H6Cl2O2/c27-20-24-14-10-15-25(19-24,22-28)21-26-16-7-1-2-8-17-29-18-9-6-13-23-11-4-3-5-12-23;10-7-3-1-6(8(11)5-7)2-4-9(12)13/h3-5,10-12,14-15,26-28H,1-2,6-9,13,16-22H2;1-5H,(H,12,13). The second kappa shape index (κ2) is 21.3. The molecule has 0 spiro atoms. The molecule has 6 nitrogen and oxygen atoms in total. The Bertz CT molecular complexity index is 1140. The van der Waals surface area contributed by atoms with E-state index in [4.69, 9.17) is 33.0 Å². The van der Waals surface area contributed by atoms with Gasteiger partial charge in [0.15, 0.2) is 0 Å². The van der Waals surface area contributed by atoms with Gasteiger partial charge < -0.3 is 25.4 Å². The molecular formula is C34H45Cl2NO5. The molecule has 0 aromatic heterocycles. The number of carbonyl (C=O) groups is 1. The zero-order valence-corrected chi connectivity index (χ0v) is 25.8. The van der Waals surface area contributed by atoms with Crippen molar-refractivity contribution in [3.8, 4) is 0 Å². The van der Waals surface area contributed by atoms with Gasteiger partial charge in [0.05, 0.1) is 13.2 Å². The molecule has 230 valence electrons. The van der Waals surface area contributed by atoms with Crippen LogP contribution in [-0.2, 0) is 16.0 Å². The predicted molar refractivity (Wildman–Crippen MR) is 173 cm³/mol. The Balaban J connectivity index is 0.000000395. The second-order valence-corrected chi connectivity index (χ2v) is 11.4. The Hall–Kier alpha value is -2.45. The van der Waals surface area contributed by atoms with E-state index in [9.17, 15) is 15.0 Å². The van der Waals surface area contributed by atoms with Crippen molar-refractivity contribution in [1.29, 1.82) is 0 Å². The van der Waals surface area contributed by atoms with Crippen molar-refractivity contribution < 1.29 is 24.9 Å². The smallest absolute Gasteiger partial charge is 0.328 e. The van der Waals surface area contributed by atoms with Crippen LogP contribution in [0.1, 0.15) is 56.1 Å². The number of rotatable bonds is 18. The van der Waals surface area contributed by atoms with Gasteiger partial charge >= 0.3 is 5.97 Å². The maximum atomic E-state index is 10.2. The van der Waals surface area contributed by atoms with E-state index in [1.165, 1.54) is 30.9 Å². The van der Waals surface area contributed by atoms with Crippen LogP contribution in [0.4, 0.5) is 0 Å². The quantitative estimate of drug-likeness (QED) is 0.105. The molecule has 1 aliphatic carbocycles. The lowest BCUT2D eigenvalue weighted by molar-refractivity contribution is -0.131. The van der Waals surface area contributed by atoms with Crippen molar-refractivity contribution in [1.82, 2.24) is 5.32 Å². The number of allylic oxidation sites excluding steroid dienone is 2. The van der Waals surface area contributed by atoms with E-state index in [0.29, 0.717) is 15.6 Å². The first-order chi connectivity index (χ1) is 20.4. The fraction of sp³-hybridized carbons (Fsp3) is 0.441. The number of hydrogen-bond donors (Lipinski definition) is 4. The number of unbranched alkanes of at least 4 members (excludes halogenated alkanes) is 4. The van der Waals surface area contributed by atoms with E-state index in [1.807, 2.05) is 12.2 Å². The minimum atomic E-state index is -1.01. The summed E-state index contributed by atoms with van der Waals surface area (Å²) in [5.74, 6) is -1.01. The number of carboxylic acid groups (broad SMARTS) is 1. The topological polar surface area (TPSA) is 99.0 Å². The molecule has 2 aromatic carbocycles. The number of ether oxygens (including phenoxy) is 1. The summed E-state index contributed by atoms with van der Waals surface area (Å²) in [4.78, 5) is 10.2. The summed E-state index contributed by atoms with van der Waals surface area (Å²) in [6.45, 7) is 3.64. The fourth-order valence-electron chi connectivity index (χ4n) is 4.58. The lowest BCUT2D eigenvalue weighted by Crippen LogP contribution is -2.37. The van der Waals surface area contributed by atoms with Crippen LogP contribution in [0.2, 0.25) is 10.0 Å². The third kappa shape index (κ3) is 15.1. The lowest BCUT2D eigenvalue weighted by Gasteiger charge is -2.32. The average molecular weight is 619 g/mol. The average Bonchev–Trinajstić information content (AvgIpc) is 3.00. The maximum Gasteiger partial charge on any atom is 0.328 e. The van der Waals surface area contributed by atoms with E-state index in [-0.39, 0.29) is 18.6 Å². The third-order valence-corrected chi connectivity index (χ3v) is 7.53. The predicted octanol–water partition coefficient (Wildman–Crippen LogP) is 7.12. The van der Waals surface area contributed by atoms with Crippen LogP contribution in [0, 0.1) is 5.41 Å². The highest BCUT2D eigenvalue weighted by molar-refractivity contribution is 6.35. The Morgan fingerprint density at radius 2 is 1.71 bits per heavy atom. The molecule has 0 amide bonds. The molecule has 0 heterocycles. The van der Waals surface area contributed by atoms with Crippen LogP contribution in [0.25, 0.3) is 6.08 Å². The number of aliphatic carboxylic acids is 1. The largest absolute Gasteiger partial charge is 0.478 e. The number of aliphatic hydroxyl groups is 2. The molecule has 8 heteroatoms. The molecular weight excluding hydrogens is 573 g/mol. The Morgan fingerprint density at radius 1 is 0.976 bits per heavy atom. The van der Waals surface area contributed by atoms with Crippen molar-refractivity contribution in [3.05, 3.63) is 99.6 Å². The minimum absolute atomic E-state index is 0.0706. The second-order valence-electron chi connectivity index (χ2n) is 10.5. The van der Waals surface area contributed by atoms with Crippen molar-refractivity contribution in [2.45, 2.75) is 51.4 Å². The molecule has 3 rings (SSSR count). The number of nitrogens with one attached hydrogen (secondary N) is 1. The van der Waals surface area contributed by atoms with Gasteiger partial charge in [-0.05, 0) is 80.0 Å². The first kappa shape index (κ1) is 35.7. The summed E-state index contributed by atoms with van der Waals surface area (Å²) < 4.78 is 5.75. The molecule has 2 aromatic rings. The lowest BCUT2D eigenvalue weighted by atomic mass is 9.79. The minimum Gasteiger partial charge on any atom is -0.478 e. The van der Waals surface area contributed by atoms with Crippen LogP contribution in [-0.4, -0.2) is 60.8 Å². The van der Waals surface area contributed by atoms with Crippen molar-refractivity contribution >= 4 is 35.2 Å². The maximum absolute atomic E-state index is 10.2. The van der Waals surface area contributed by atoms with Crippen LogP contribution < -0.4 is 5.32 Å². The van der Waals surface area contributed by atoms with Gasteiger partial charge in [0, 0.05) is 41.3 Å². The number of halogens is 2. The molecule has 1 aliphatic rings. The molecule has 4 N–H and O–H groups in total. The van der Waals surface area contributed by atoms with E-state index in [1.54, 1.807) is 18.2 Å². The Labute approximate surface area is 260 Å². The molecule has 0 aliphatic heterocycles. The van der Waals surface area contributed by atoms with Gasteiger partial charge in [-0.25, -0.2) is 4.79 Å². The van der Waals surface area contributed by atoms with E-state index < -0.39 is 5.97 Å². The monoisotopic (exact) mass is 617 g/mol. The van der Waals surface area contributed by atoms with Gasteiger partial charge in [0.25, 0.3) is 0 Å². The molecule has 0 saturated heterocycles. The van der Waals surface area contributed by atoms with Crippen molar-refractivity contribution in [2.24, 2.45) is 5.41 Å².